The summed E-state index contributed by atoms with van der Waals surface area (Å²) in [5, 5.41) is 2.00. The van der Waals surface area contributed by atoms with Crippen LogP contribution >= 0.6 is 22.7 Å². The second kappa shape index (κ2) is 7.07. The number of hydrogen-bond acceptors (Lipinski definition) is 6. The molecule has 0 aliphatic carbocycles. The lowest BCUT2D eigenvalue weighted by molar-refractivity contribution is 0.112. The molecule has 6 heteroatoms. The Morgan fingerprint density at radius 2 is 1.67 bits per heavy atom. The predicted octanol–water partition coefficient (Wildman–Crippen LogP) is 4.98. The van der Waals surface area contributed by atoms with E-state index in [2.05, 4.69) is 0 Å². The summed E-state index contributed by atoms with van der Waals surface area (Å²) in [4.78, 5) is 14.2. The van der Waals surface area contributed by atoms with Gasteiger partial charge in [-0.1, -0.05) is 6.07 Å². The van der Waals surface area contributed by atoms with Crippen LogP contribution in [0.2, 0.25) is 0 Å². The van der Waals surface area contributed by atoms with Gasteiger partial charge in [0.25, 0.3) is 0 Å². The zero-order valence-corrected chi connectivity index (χ0v) is 15.1. The third-order valence-electron chi connectivity index (χ3n) is 3.60. The fourth-order valence-corrected chi connectivity index (χ4v) is 4.28. The Morgan fingerprint density at radius 3 is 2.17 bits per heavy atom. The van der Waals surface area contributed by atoms with Crippen LogP contribution in [0.3, 0.4) is 0 Å². The molecular weight excluding hydrogens is 344 g/mol. The highest BCUT2D eigenvalue weighted by molar-refractivity contribution is 7.18. The molecule has 2 aromatic heterocycles. The van der Waals surface area contributed by atoms with Gasteiger partial charge < -0.3 is 14.2 Å². The van der Waals surface area contributed by atoms with Crippen LogP contribution in [0.15, 0.2) is 35.7 Å². The fourth-order valence-electron chi connectivity index (χ4n) is 2.48. The predicted molar refractivity (Wildman–Crippen MR) is 98.1 cm³/mol. The number of carbonyl (C=O) groups excluding carboxylic acids is 1. The van der Waals surface area contributed by atoms with Crippen LogP contribution in [-0.4, -0.2) is 27.6 Å². The summed E-state index contributed by atoms with van der Waals surface area (Å²) in [5.41, 5.74) is 1.87. The minimum atomic E-state index is 0.550. The van der Waals surface area contributed by atoms with Gasteiger partial charge in [0.2, 0.25) is 5.75 Å². The van der Waals surface area contributed by atoms with Crippen LogP contribution < -0.4 is 14.2 Å². The van der Waals surface area contributed by atoms with E-state index in [0.29, 0.717) is 22.1 Å². The van der Waals surface area contributed by atoms with Crippen LogP contribution in [-0.2, 0) is 0 Å². The number of methoxy groups -OCH3 is 3. The quantitative estimate of drug-likeness (QED) is 0.582. The minimum absolute atomic E-state index is 0.550. The Labute approximate surface area is 148 Å². The van der Waals surface area contributed by atoms with Gasteiger partial charge in [0.1, 0.15) is 0 Å². The van der Waals surface area contributed by atoms with E-state index in [-0.39, 0.29) is 0 Å². The molecule has 0 unspecified atom stereocenters. The first-order chi connectivity index (χ1) is 11.7. The average molecular weight is 360 g/mol. The normalized spacial score (nSPS) is 10.5. The average Bonchev–Trinajstić information content (AvgIpc) is 3.29. The summed E-state index contributed by atoms with van der Waals surface area (Å²) in [6.45, 7) is 0. The van der Waals surface area contributed by atoms with Crippen LogP contribution in [0, 0.1) is 0 Å². The van der Waals surface area contributed by atoms with E-state index in [9.17, 15) is 4.79 Å². The lowest BCUT2D eigenvalue weighted by atomic mass is 10.1. The minimum Gasteiger partial charge on any atom is -0.493 e. The van der Waals surface area contributed by atoms with Gasteiger partial charge in [-0.3, -0.25) is 4.79 Å². The van der Waals surface area contributed by atoms with Gasteiger partial charge in [0.15, 0.2) is 17.8 Å². The maximum absolute atomic E-state index is 11.5. The van der Waals surface area contributed by atoms with Crippen molar-refractivity contribution in [1.82, 2.24) is 0 Å². The first kappa shape index (κ1) is 16.5. The Balaban J connectivity index is 2.14. The smallest absolute Gasteiger partial charge is 0.203 e. The molecule has 0 saturated carbocycles. The molecule has 0 radical (unpaired) electrons. The zero-order valence-electron chi connectivity index (χ0n) is 13.5. The van der Waals surface area contributed by atoms with Crippen molar-refractivity contribution in [3.8, 4) is 38.1 Å². The maximum atomic E-state index is 11.5. The van der Waals surface area contributed by atoms with E-state index in [1.54, 1.807) is 32.7 Å². The molecule has 0 spiro atoms. The van der Waals surface area contributed by atoms with E-state index in [0.717, 1.165) is 27.2 Å². The van der Waals surface area contributed by atoms with Gasteiger partial charge in [-0.15, -0.1) is 22.7 Å². The standard InChI is InChI=1S/C18H16O4S2/c1-20-13-7-11(8-14(21-2)18(13)22-3)16-9-12(17(10-19)24-16)15-5-4-6-23-15/h4-10H,1-3H3. The van der Waals surface area contributed by atoms with Crippen molar-refractivity contribution in [2.45, 2.75) is 0 Å². The van der Waals surface area contributed by atoms with Gasteiger partial charge in [-0.2, -0.15) is 0 Å². The molecule has 0 saturated heterocycles. The largest absolute Gasteiger partial charge is 0.493 e. The van der Waals surface area contributed by atoms with Crippen molar-refractivity contribution in [1.29, 1.82) is 0 Å². The molecule has 24 heavy (non-hydrogen) atoms. The summed E-state index contributed by atoms with van der Waals surface area (Å²) >= 11 is 3.06. The second-order valence-electron chi connectivity index (χ2n) is 4.90. The third kappa shape index (κ3) is 2.90. The fraction of sp³-hybridized carbons (Fsp3) is 0.167. The number of hydrogen-bond donors (Lipinski definition) is 0. The van der Waals surface area contributed by atoms with Crippen LogP contribution in [0.4, 0.5) is 0 Å². The van der Waals surface area contributed by atoms with E-state index < -0.39 is 0 Å². The molecule has 1 aromatic carbocycles. The number of thiophene rings is 2. The Kier molecular flexibility index (Phi) is 4.87. The molecule has 2 heterocycles. The summed E-state index contributed by atoms with van der Waals surface area (Å²) in [6.07, 6.45) is 0.904. The SMILES string of the molecule is COc1cc(-c2cc(-c3cccs3)c(C=O)s2)cc(OC)c1OC. The molecule has 3 aromatic rings. The number of rotatable bonds is 6. The Bertz CT molecular complexity index is 825. The highest BCUT2D eigenvalue weighted by atomic mass is 32.1. The summed E-state index contributed by atoms with van der Waals surface area (Å²) in [5.74, 6) is 1.73. The van der Waals surface area contributed by atoms with Crippen molar-refractivity contribution in [2.75, 3.05) is 21.3 Å². The van der Waals surface area contributed by atoms with Crippen molar-refractivity contribution in [3.05, 3.63) is 40.6 Å². The Hall–Kier alpha value is -2.31. The van der Waals surface area contributed by atoms with E-state index in [1.165, 1.54) is 11.3 Å². The van der Waals surface area contributed by atoms with Crippen LogP contribution in [0.1, 0.15) is 9.67 Å². The molecule has 0 aliphatic heterocycles. The molecule has 0 fully saturated rings. The molecule has 0 N–H and O–H groups in total. The van der Waals surface area contributed by atoms with Gasteiger partial charge in [0, 0.05) is 15.3 Å². The lowest BCUT2D eigenvalue weighted by Crippen LogP contribution is -1.95. The van der Waals surface area contributed by atoms with Gasteiger partial charge in [0.05, 0.1) is 26.2 Å². The van der Waals surface area contributed by atoms with Crippen LogP contribution in [0.5, 0.6) is 17.2 Å². The highest BCUT2D eigenvalue weighted by Crippen LogP contribution is 2.44. The molecule has 3 rings (SSSR count). The van der Waals surface area contributed by atoms with E-state index >= 15 is 0 Å². The number of benzene rings is 1. The lowest BCUT2D eigenvalue weighted by Gasteiger charge is -2.13. The topological polar surface area (TPSA) is 44.8 Å². The van der Waals surface area contributed by atoms with Gasteiger partial charge in [-0.05, 0) is 35.2 Å². The summed E-state index contributed by atoms with van der Waals surface area (Å²) < 4.78 is 16.2. The third-order valence-corrected chi connectivity index (χ3v) is 5.62. The molecular formula is C18H16O4S2. The number of aldehydes is 1. The first-order valence-electron chi connectivity index (χ1n) is 7.15. The molecule has 0 aliphatic rings. The molecule has 124 valence electrons. The van der Waals surface area contributed by atoms with Crippen molar-refractivity contribution in [2.24, 2.45) is 0 Å². The highest BCUT2D eigenvalue weighted by Gasteiger charge is 2.17. The number of ether oxygens (including phenoxy) is 3. The Morgan fingerprint density at radius 1 is 0.958 bits per heavy atom. The molecule has 0 amide bonds. The van der Waals surface area contributed by atoms with Gasteiger partial charge >= 0.3 is 0 Å². The molecule has 0 bridgehead atoms. The van der Waals surface area contributed by atoms with Crippen molar-refractivity contribution < 1.29 is 19.0 Å². The summed E-state index contributed by atoms with van der Waals surface area (Å²) in [6, 6.07) is 9.80. The monoisotopic (exact) mass is 360 g/mol. The van der Waals surface area contributed by atoms with Crippen molar-refractivity contribution >= 4 is 29.0 Å². The zero-order chi connectivity index (χ0) is 17.1. The summed E-state index contributed by atoms with van der Waals surface area (Å²) in [7, 11) is 4.75. The van der Waals surface area contributed by atoms with Crippen molar-refractivity contribution in [3.63, 3.8) is 0 Å². The van der Waals surface area contributed by atoms with E-state index in [1.807, 2.05) is 35.7 Å². The molecule has 4 nitrogen and oxygen atoms in total. The van der Waals surface area contributed by atoms with Gasteiger partial charge in [-0.25, -0.2) is 0 Å². The van der Waals surface area contributed by atoms with Crippen LogP contribution in [0.25, 0.3) is 20.9 Å². The first-order valence-corrected chi connectivity index (χ1v) is 8.84. The van der Waals surface area contributed by atoms with E-state index in [4.69, 9.17) is 14.2 Å². The number of carbonyl (C=O) groups is 1. The second-order valence-corrected chi connectivity index (χ2v) is 6.93. The molecule has 0 atom stereocenters. The maximum Gasteiger partial charge on any atom is 0.203 e.